The minimum Gasteiger partial charge on any atom is -0.493 e. The van der Waals surface area contributed by atoms with Gasteiger partial charge in [0, 0.05) is 5.41 Å². The highest BCUT2D eigenvalue weighted by Crippen LogP contribution is 2.22. The number of aryl methyl sites for hydroxylation is 1. The molecule has 0 unspecified atom stereocenters. The molecule has 0 spiro atoms. The number of benzene rings is 1. The highest BCUT2D eigenvalue weighted by Gasteiger charge is 2.23. The zero-order valence-corrected chi connectivity index (χ0v) is 10.6. The average molecular weight is 236 g/mol. The van der Waals surface area contributed by atoms with Crippen molar-refractivity contribution < 1.29 is 9.94 Å². The molecule has 0 bridgehead atoms. The van der Waals surface area contributed by atoms with Crippen molar-refractivity contribution in [2.24, 2.45) is 16.3 Å². The fourth-order valence-electron chi connectivity index (χ4n) is 1.40. The van der Waals surface area contributed by atoms with Crippen LogP contribution in [0.2, 0.25) is 0 Å². The Bertz CT molecular complexity index is 400. The Hall–Kier alpha value is -1.71. The molecule has 0 saturated carbocycles. The summed E-state index contributed by atoms with van der Waals surface area (Å²) >= 11 is 0. The molecule has 0 radical (unpaired) electrons. The minimum atomic E-state index is -0.364. The van der Waals surface area contributed by atoms with Crippen LogP contribution in [0.3, 0.4) is 0 Å². The van der Waals surface area contributed by atoms with Crippen molar-refractivity contribution in [2.45, 2.75) is 27.2 Å². The maximum absolute atomic E-state index is 8.65. The fourth-order valence-corrected chi connectivity index (χ4v) is 1.40. The number of oxime groups is 1. The van der Waals surface area contributed by atoms with E-state index in [1.54, 1.807) is 0 Å². The molecule has 1 aromatic rings. The third-order valence-electron chi connectivity index (χ3n) is 2.88. The van der Waals surface area contributed by atoms with E-state index in [-0.39, 0.29) is 11.3 Å². The minimum absolute atomic E-state index is 0.228. The first-order valence-corrected chi connectivity index (χ1v) is 5.64. The summed E-state index contributed by atoms with van der Waals surface area (Å²) in [4.78, 5) is 0. The van der Waals surface area contributed by atoms with Crippen LogP contribution in [0.5, 0.6) is 5.75 Å². The largest absolute Gasteiger partial charge is 0.493 e. The molecular weight excluding hydrogens is 216 g/mol. The molecule has 0 aliphatic heterocycles. The van der Waals surface area contributed by atoms with Crippen molar-refractivity contribution >= 4 is 5.84 Å². The Morgan fingerprint density at radius 2 is 2.06 bits per heavy atom. The smallest absolute Gasteiger partial charge is 0.144 e. The van der Waals surface area contributed by atoms with Crippen LogP contribution in [0.25, 0.3) is 0 Å². The van der Waals surface area contributed by atoms with Crippen LogP contribution in [0.1, 0.15) is 25.8 Å². The summed E-state index contributed by atoms with van der Waals surface area (Å²) < 4.78 is 5.68. The normalized spacial score (nSPS) is 12.5. The summed E-state index contributed by atoms with van der Waals surface area (Å²) in [6.07, 6.45) is 0.692. The van der Waals surface area contributed by atoms with Gasteiger partial charge in [0.25, 0.3) is 0 Å². The predicted octanol–water partition coefficient (Wildman–Crippen LogP) is 2.54. The number of para-hydroxylation sites is 1. The number of hydrogen-bond acceptors (Lipinski definition) is 3. The first kappa shape index (κ1) is 13.4. The first-order valence-electron chi connectivity index (χ1n) is 5.64. The van der Waals surface area contributed by atoms with Gasteiger partial charge in [0.1, 0.15) is 11.6 Å². The molecule has 0 aromatic heterocycles. The Kier molecular flexibility index (Phi) is 4.37. The highest BCUT2D eigenvalue weighted by molar-refractivity contribution is 5.85. The molecule has 0 amide bonds. The molecule has 94 valence electrons. The molecule has 0 aliphatic carbocycles. The van der Waals surface area contributed by atoms with Gasteiger partial charge in [-0.2, -0.15) is 0 Å². The van der Waals surface area contributed by atoms with E-state index in [0.29, 0.717) is 13.0 Å². The van der Waals surface area contributed by atoms with E-state index < -0.39 is 0 Å². The summed E-state index contributed by atoms with van der Waals surface area (Å²) in [6, 6.07) is 7.86. The fraction of sp³-hybridized carbons (Fsp3) is 0.462. The van der Waals surface area contributed by atoms with Gasteiger partial charge in [-0.25, -0.2) is 0 Å². The van der Waals surface area contributed by atoms with E-state index in [1.807, 2.05) is 45.0 Å². The van der Waals surface area contributed by atoms with Gasteiger partial charge in [0.15, 0.2) is 0 Å². The average Bonchev–Trinajstić information content (AvgIpc) is 2.30. The van der Waals surface area contributed by atoms with Crippen LogP contribution >= 0.6 is 0 Å². The summed E-state index contributed by atoms with van der Waals surface area (Å²) in [5, 5.41) is 11.7. The van der Waals surface area contributed by atoms with Crippen molar-refractivity contribution in [3.63, 3.8) is 0 Å². The van der Waals surface area contributed by atoms with Crippen molar-refractivity contribution in [2.75, 3.05) is 6.61 Å². The number of ether oxygens (including phenoxy) is 1. The number of rotatable bonds is 5. The van der Waals surface area contributed by atoms with Gasteiger partial charge in [-0.3, -0.25) is 0 Å². The lowest BCUT2D eigenvalue weighted by Crippen LogP contribution is -2.33. The van der Waals surface area contributed by atoms with Gasteiger partial charge in [0.05, 0.1) is 6.61 Å². The molecule has 0 fully saturated rings. The lowest BCUT2D eigenvalue weighted by molar-refractivity contribution is 0.258. The first-order chi connectivity index (χ1) is 7.97. The molecule has 0 heterocycles. The maximum Gasteiger partial charge on any atom is 0.144 e. The lowest BCUT2D eigenvalue weighted by atomic mass is 9.88. The van der Waals surface area contributed by atoms with Crippen molar-refractivity contribution in [1.29, 1.82) is 0 Å². The topological polar surface area (TPSA) is 67.8 Å². The summed E-state index contributed by atoms with van der Waals surface area (Å²) in [7, 11) is 0. The summed E-state index contributed by atoms with van der Waals surface area (Å²) in [6.45, 7) is 6.38. The Balaban J connectivity index is 2.51. The van der Waals surface area contributed by atoms with Crippen LogP contribution in [0.15, 0.2) is 29.4 Å². The zero-order valence-electron chi connectivity index (χ0n) is 10.6. The van der Waals surface area contributed by atoms with E-state index in [0.717, 1.165) is 11.3 Å². The SMILES string of the molecule is Cc1ccccc1OCCC(C)(C)C(N)=NO. The van der Waals surface area contributed by atoms with Gasteiger partial charge < -0.3 is 15.7 Å². The van der Waals surface area contributed by atoms with E-state index in [2.05, 4.69) is 5.16 Å². The molecule has 4 heteroatoms. The van der Waals surface area contributed by atoms with Crippen molar-refractivity contribution in [3.8, 4) is 5.75 Å². The van der Waals surface area contributed by atoms with Crippen LogP contribution in [-0.2, 0) is 0 Å². The van der Waals surface area contributed by atoms with Crippen LogP contribution in [-0.4, -0.2) is 17.6 Å². The molecule has 17 heavy (non-hydrogen) atoms. The molecule has 0 saturated heterocycles. The molecule has 0 aliphatic rings. The highest BCUT2D eigenvalue weighted by atomic mass is 16.5. The quantitative estimate of drug-likeness (QED) is 0.357. The molecule has 4 nitrogen and oxygen atoms in total. The Labute approximate surface area is 102 Å². The third-order valence-corrected chi connectivity index (χ3v) is 2.88. The van der Waals surface area contributed by atoms with Crippen LogP contribution in [0.4, 0.5) is 0 Å². The van der Waals surface area contributed by atoms with Crippen molar-refractivity contribution in [3.05, 3.63) is 29.8 Å². The number of nitrogens with two attached hydrogens (primary N) is 1. The van der Waals surface area contributed by atoms with Crippen molar-refractivity contribution in [1.82, 2.24) is 0 Å². The van der Waals surface area contributed by atoms with E-state index in [4.69, 9.17) is 15.7 Å². The Morgan fingerprint density at radius 1 is 1.41 bits per heavy atom. The number of nitrogens with zero attached hydrogens (tertiary/aromatic N) is 1. The lowest BCUT2D eigenvalue weighted by Gasteiger charge is -2.22. The summed E-state index contributed by atoms with van der Waals surface area (Å²) in [5.41, 5.74) is 6.35. The van der Waals surface area contributed by atoms with Crippen LogP contribution in [0, 0.1) is 12.3 Å². The monoisotopic (exact) mass is 236 g/mol. The molecule has 3 N–H and O–H groups in total. The second-order valence-corrected chi connectivity index (χ2v) is 4.73. The van der Waals surface area contributed by atoms with Gasteiger partial charge in [-0.15, -0.1) is 0 Å². The van der Waals surface area contributed by atoms with Gasteiger partial charge in [-0.05, 0) is 25.0 Å². The predicted molar refractivity (Wildman–Crippen MR) is 68.5 cm³/mol. The summed E-state index contributed by atoms with van der Waals surface area (Å²) in [5.74, 6) is 1.11. The van der Waals surface area contributed by atoms with Gasteiger partial charge in [0.2, 0.25) is 0 Å². The van der Waals surface area contributed by atoms with Gasteiger partial charge >= 0.3 is 0 Å². The molecule has 0 atom stereocenters. The zero-order chi connectivity index (χ0) is 12.9. The number of hydrogen-bond donors (Lipinski definition) is 2. The maximum atomic E-state index is 8.65. The standard InChI is InChI=1S/C13H20N2O2/c1-10-6-4-5-7-11(10)17-9-8-13(2,3)12(14)15-16/h4-7,16H,8-9H2,1-3H3,(H2,14,15). The van der Waals surface area contributed by atoms with E-state index in [9.17, 15) is 0 Å². The molecular formula is C13H20N2O2. The number of amidine groups is 1. The second kappa shape index (κ2) is 5.57. The van der Waals surface area contributed by atoms with E-state index >= 15 is 0 Å². The third kappa shape index (κ3) is 3.66. The Morgan fingerprint density at radius 3 is 2.65 bits per heavy atom. The van der Waals surface area contributed by atoms with E-state index in [1.165, 1.54) is 0 Å². The second-order valence-electron chi connectivity index (χ2n) is 4.73. The van der Waals surface area contributed by atoms with Gasteiger partial charge in [-0.1, -0.05) is 37.2 Å². The molecule has 1 rings (SSSR count). The molecule has 1 aromatic carbocycles. The van der Waals surface area contributed by atoms with Crippen LogP contribution < -0.4 is 10.5 Å².